The molecule has 0 spiro atoms. The molecule has 0 aromatic rings. The molecular weight excluding hydrogens is 226 g/mol. The van der Waals surface area contributed by atoms with Crippen LogP contribution in [0.1, 0.15) is 70.6 Å². The third-order valence-corrected chi connectivity index (χ3v) is 3.69. The molecule has 0 radical (unpaired) electrons. The molecule has 2 N–H and O–H groups in total. The number of ketones is 1. The Kier molecular flexibility index (Phi) is 9.13. The number of nitrogens with two attached hydrogens (primary N) is 1. The average Bonchev–Trinajstić information content (AvgIpc) is 2.64. The standard InChI is InChI=1S/C15H29NO2/c16-12-8-4-3-5-9-14(17)13-18-15-10-6-1-2-7-11-15/h15H,1-13,16H2. The summed E-state index contributed by atoms with van der Waals surface area (Å²) in [5.74, 6) is 0.270. The second-order valence-electron chi connectivity index (χ2n) is 5.42. The number of rotatable bonds is 9. The quantitative estimate of drug-likeness (QED) is 0.508. The van der Waals surface area contributed by atoms with Gasteiger partial charge in [-0.1, -0.05) is 38.5 Å². The molecule has 0 aromatic carbocycles. The second kappa shape index (κ2) is 10.5. The van der Waals surface area contributed by atoms with Gasteiger partial charge in [0.2, 0.25) is 0 Å². The number of carbonyl (C=O) groups is 1. The van der Waals surface area contributed by atoms with Crippen LogP contribution in [0.4, 0.5) is 0 Å². The fourth-order valence-corrected chi connectivity index (χ4v) is 2.51. The van der Waals surface area contributed by atoms with Crippen LogP contribution in [0.5, 0.6) is 0 Å². The zero-order valence-corrected chi connectivity index (χ0v) is 11.7. The zero-order chi connectivity index (χ0) is 13.1. The van der Waals surface area contributed by atoms with E-state index in [0.29, 0.717) is 19.1 Å². The minimum Gasteiger partial charge on any atom is -0.370 e. The first-order valence-corrected chi connectivity index (χ1v) is 7.66. The first-order valence-electron chi connectivity index (χ1n) is 7.66. The van der Waals surface area contributed by atoms with Crippen molar-refractivity contribution in [3.8, 4) is 0 Å². The van der Waals surface area contributed by atoms with Crippen LogP contribution < -0.4 is 5.73 Å². The maximum Gasteiger partial charge on any atom is 0.158 e. The van der Waals surface area contributed by atoms with Crippen LogP contribution in [0, 0.1) is 0 Å². The highest BCUT2D eigenvalue weighted by atomic mass is 16.5. The largest absolute Gasteiger partial charge is 0.370 e. The van der Waals surface area contributed by atoms with Crippen LogP contribution >= 0.6 is 0 Å². The van der Waals surface area contributed by atoms with Crippen molar-refractivity contribution in [1.29, 1.82) is 0 Å². The van der Waals surface area contributed by atoms with E-state index in [9.17, 15) is 4.79 Å². The van der Waals surface area contributed by atoms with E-state index in [1.165, 1.54) is 25.7 Å². The second-order valence-corrected chi connectivity index (χ2v) is 5.42. The molecule has 1 aliphatic carbocycles. The lowest BCUT2D eigenvalue weighted by molar-refractivity contribution is -0.126. The molecule has 0 atom stereocenters. The lowest BCUT2D eigenvalue weighted by atomic mass is 10.1. The molecule has 1 fully saturated rings. The number of hydrogen-bond acceptors (Lipinski definition) is 3. The molecule has 1 aliphatic rings. The van der Waals surface area contributed by atoms with Gasteiger partial charge in [0, 0.05) is 6.42 Å². The summed E-state index contributed by atoms with van der Waals surface area (Å²) in [6.45, 7) is 1.10. The van der Waals surface area contributed by atoms with Crippen molar-refractivity contribution >= 4 is 5.78 Å². The fourth-order valence-electron chi connectivity index (χ4n) is 2.51. The predicted octanol–water partition coefficient (Wildman–Crippen LogP) is 3.20. The van der Waals surface area contributed by atoms with Gasteiger partial charge in [-0.2, -0.15) is 0 Å². The SMILES string of the molecule is NCCCCCCC(=O)COC1CCCCCC1. The Bertz CT molecular complexity index is 211. The zero-order valence-electron chi connectivity index (χ0n) is 11.7. The van der Waals surface area contributed by atoms with E-state index in [2.05, 4.69) is 0 Å². The third-order valence-electron chi connectivity index (χ3n) is 3.69. The number of unbranched alkanes of at least 4 members (excludes halogenated alkanes) is 3. The van der Waals surface area contributed by atoms with Crippen LogP contribution in [0.3, 0.4) is 0 Å². The van der Waals surface area contributed by atoms with E-state index in [0.717, 1.165) is 45.1 Å². The molecule has 3 heteroatoms. The predicted molar refractivity (Wildman–Crippen MR) is 74.6 cm³/mol. The first-order chi connectivity index (χ1) is 8.83. The Morgan fingerprint density at radius 1 is 1.00 bits per heavy atom. The molecule has 0 saturated heterocycles. The molecule has 0 aromatic heterocycles. The third kappa shape index (κ3) is 7.83. The van der Waals surface area contributed by atoms with Crippen LogP contribution in [-0.4, -0.2) is 25.0 Å². The lowest BCUT2D eigenvalue weighted by Gasteiger charge is -2.14. The molecule has 0 bridgehead atoms. The lowest BCUT2D eigenvalue weighted by Crippen LogP contribution is -2.17. The average molecular weight is 255 g/mol. The van der Waals surface area contributed by atoms with Crippen molar-refractivity contribution in [1.82, 2.24) is 0 Å². The van der Waals surface area contributed by atoms with Crippen molar-refractivity contribution in [2.75, 3.05) is 13.2 Å². The minimum absolute atomic E-state index is 0.270. The van der Waals surface area contributed by atoms with Crippen molar-refractivity contribution in [2.24, 2.45) is 5.73 Å². The van der Waals surface area contributed by atoms with Crippen LogP contribution in [-0.2, 0) is 9.53 Å². The summed E-state index contributed by atoms with van der Waals surface area (Å²) in [5, 5.41) is 0. The van der Waals surface area contributed by atoms with Gasteiger partial charge in [-0.3, -0.25) is 4.79 Å². The van der Waals surface area contributed by atoms with E-state index < -0.39 is 0 Å². The topological polar surface area (TPSA) is 52.3 Å². The van der Waals surface area contributed by atoms with Gasteiger partial charge in [0.25, 0.3) is 0 Å². The van der Waals surface area contributed by atoms with Crippen molar-refractivity contribution in [3.05, 3.63) is 0 Å². The van der Waals surface area contributed by atoms with E-state index in [4.69, 9.17) is 10.5 Å². The van der Waals surface area contributed by atoms with Crippen molar-refractivity contribution in [2.45, 2.75) is 76.7 Å². The molecular formula is C15H29NO2. The number of ether oxygens (including phenoxy) is 1. The van der Waals surface area contributed by atoms with Crippen LogP contribution in [0.15, 0.2) is 0 Å². The molecule has 0 aliphatic heterocycles. The highest BCUT2D eigenvalue weighted by Crippen LogP contribution is 2.19. The van der Waals surface area contributed by atoms with E-state index in [1.807, 2.05) is 0 Å². The Balaban J connectivity index is 1.98. The highest BCUT2D eigenvalue weighted by Gasteiger charge is 2.13. The van der Waals surface area contributed by atoms with Gasteiger partial charge < -0.3 is 10.5 Å². The van der Waals surface area contributed by atoms with Gasteiger partial charge in [-0.15, -0.1) is 0 Å². The Morgan fingerprint density at radius 2 is 1.67 bits per heavy atom. The Morgan fingerprint density at radius 3 is 2.33 bits per heavy atom. The van der Waals surface area contributed by atoms with Crippen molar-refractivity contribution in [3.63, 3.8) is 0 Å². The maximum absolute atomic E-state index is 11.7. The summed E-state index contributed by atoms with van der Waals surface area (Å²) in [7, 11) is 0. The highest BCUT2D eigenvalue weighted by molar-refractivity contribution is 5.79. The van der Waals surface area contributed by atoms with Crippen LogP contribution in [0.2, 0.25) is 0 Å². The molecule has 1 saturated carbocycles. The molecule has 3 nitrogen and oxygen atoms in total. The molecule has 0 amide bonds. The summed E-state index contributed by atoms with van der Waals surface area (Å²) in [5.41, 5.74) is 5.43. The maximum atomic E-state index is 11.7. The smallest absolute Gasteiger partial charge is 0.158 e. The summed E-state index contributed by atoms with van der Waals surface area (Å²) in [4.78, 5) is 11.7. The molecule has 0 heterocycles. The Hall–Kier alpha value is -0.410. The summed E-state index contributed by atoms with van der Waals surface area (Å²) in [6.07, 6.45) is 12.8. The van der Waals surface area contributed by atoms with Gasteiger partial charge in [-0.25, -0.2) is 0 Å². The van der Waals surface area contributed by atoms with Gasteiger partial charge in [0.05, 0.1) is 6.10 Å². The number of Topliss-reactive ketones (excluding diaryl/α,β-unsaturated/α-hetero) is 1. The van der Waals surface area contributed by atoms with Crippen molar-refractivity contribution < 1.29 is 9.53 Å². The van der Waals surface area contributed by atoms with E-state index in [-0.39, 0.29) is 5.78 Å². The number of carbonyl (C=O) groups excluding carboxylic acids is 1. The Labute approximate surface area is 111 Å². The first kappa shape index (κ1) is 15.6. The van der Waals surface area contributed by atoms with Gasteiger partial charge in [0.15, 0.2) is 5.78 Å². The minimum atomic E-state index is 0.270. The van der Waals surface area contributed by atoms with E-state index >= 15 is 0 Å². The normalized spacial score (nSPS) is 17.6. The summed E-state index contributed by atoms with van der Waals surface area (Å²) < 4.78 is 5.73. The fraction of sp³-hybridized carbons (Fsp3) is 0.933. The van der Waals surface area contributed by atoms with Gasteiger partial charge in [-0.05, 0) is 32.2 Å². The molecule has 1 rings (SSSR count). The van der Waals surface area contributed by atoms with Gasteiger partial charge in [0.1, 0.15) is 6.61 Å². The molecule has 0 unspecified atom stereocenters. The van der Waals surface area contributed by atoms with Crippen LogP contribution in [0.25, 0.3) is 0 Å². The molecule has 18 heavy (non-hydrogen) atoms. The summed E-state index contributed by atoms with van der Waals surface area (Å²) in [6, 6.07) is 0. The van der Waals surface area contributed by atoms with E-state index in [1.54, 1.807) is 0 Å². The number of hydrogen-bond donors (Lipinski definition) is 1. The van der Waals surface area contributed by atoms with Gasteiger partial charge >= 0.3 is 0 Å². The monoisotopic (exact) mass is 255 g/mol. The summed E-state index contributed by atoms with van der Waals surface area (Å²) >= 11 is 0. The molecule has 106 valence electrons.